The molecule has 4 aliphatic carbocycles. The van der Waals surface area contributed by atoms with Gasteiger partial charge in [-0.3, -0.25) is 0 Å². The standard InChI is InChI=1S/C16H28N2O3/c1-2-15(9-19,10-20)17-14(21)18-16-6-11-3-12(7-16)5-13(4-11)8-16/h11-13,19-20H,2-10H2,1H3,(H2,17,18,21). The summed E-state index contributed by atoms with van der Waals surface area (Å²) in [6, 6.07) is -0.234. The first kappa shape index (κ1) is 15.1. The SMILES string of the molecule is CCC(CO)(CO)NC(=O)NC12CC3CC(CC(C3)C1)C2. The van der Waals surface area contributed by atoms with Gasteiger partial charge in [0.15, 0.2) is 0 Å². The average molecular weight is 296 g/mol. The quantitative estimate of drug-likeness (QED) is 0.619. The van der Waals surface area contributed by atoms with Gasteiger partial charge in [0.25, 0.3) is 0 Å². The fraction of sp³-hybridized carbons (Fsp3) is 0.938. The maximum absolute atomic E-state index is 12.4. The maximum atomic E-state index is 12.4. The molecule has 5 heteroatoms. The highest BCUT2D eigenvalue weighted by Crippen LogP contribution is 2.55. The van der Waals surface area contributed by atoms with E-state index in [0.29, 0.717) is 6.42 Å². The molecule has 120 valence electrons. The Labute approximate surface area is 126 Å². The van der Waals surface area contributed by atoms with Crippen LogP contribution in [0.15, 0.2) is 0 Å². The van der Waals surface area contributed by atoms with Crippen LogP contribution in [0.3, 0.4) is 0 Å². The van der Waals surface area contributed by atoms with Crippen LogP contribution in [0.25, 0.3) is 0 Å². The molecule has 0 aromatic heterocycles. The molecule has 0 aromatic carbocycles. The summed E-state index contributed by atoms with van der Waals surface area (Å²) in [5.74, 6) is 2.34. The van der Waals surface area contributed by atoms with E-state index < -0.39 is 5.54 Å². The molecule has 0 aromatic rings. The zero-order chi connectivity index (χ0) is 15.1. The van der Waals surface area contributed by atoms with Crippen LogP contribution in [0.2, 0.25) is 0 Å². The third-order valence-corrected chi connectivity index (χ3v) is 6.08. The molecule has 4 saturated carbocycles. The Balaban J connectivity index is 1.65. The van der Waals surface area contributed by atoms with Crippen molar-refractivity contribution in [2.24, 2.45) is 17.8 Å². The fourth-order valence-electron chi connectivity index (χ4n) is 5.22. The van der Waals surface area contributed by atoms with E-state index >= 15 is 0 Å². The Morgan fingerprint density at radius 1 is 1.10 bits per heavy atom. The Bertz CT molecular complexity index is 363. The van der Waals surface area contributed by atoms with Crippen molar-refractivity contribution in [3.05, 3.63) is 0 Å². The second-order valence-electron chi connectivity index (χ2n) is 7.73. The minimum absolute atomic E-state index is 0.0385. The molecule has 0 heterocycles. The number of carbonyl (C=O) groups is 1. The lowest BCUT2D eigenvalue weighted by atomic mass is 9.53. The molecule has 0 atom stereocenters. The highest BCUT2D eigenvalue weighted by Gasteiger charge is 2.51. The van der Waals surface area contributed by atoms with E-state index in [0.717, 1.165) is 37.0 Å². The first-order valence-corrected chi connectivity index (χ1v) is 8.34. The number of aliphatic hydroxyl groups excluding tert-OH is 2. The number of carbonyl (C=O) groups excluding carboxylic acids is 1. The van der Waals surface area contributed by atoms with Crippen LogP contribution in [0.5, 0.6) is 0 Å². The predicted molar refractivity (Wildman–Crippen MR) is 79.8 cm³/mol. The summed E-state index contributed by atoms with van der Waals surface area (Å²) in [6.45, 7) is 1.38. The molecule has 4 rings (SSSR count). The average Bonchev–Trinajstić information content (AvgIpc) is 2.43. The van der Waals surface area contributed by atoms with Gasteiger partial charge < -0.3 is 20.8 Å². The summed E-state index contributed by atoms with van der Waals surface area (Å²) in [5.41, 5.74) is -0.949. The molecule has 0 radical (unpaired) electrons. The molecular weight excluding hydrogens is 268 g/mol. The highest BCUT2D eigenvalue weighted by molar-refractivity contribution is 5.76. The Hall–Kier alpha value is -0.810. The lowest BCUT2D eigenvalue weighted by molar-refractivity contribution is -0.0147. The van der Waals surface area contributed by atoms with Crippen LogP contribution in [-0.4, -0.2) is 40.5 Å². The van der Waals surface area contributed by atoms with Crippen LogP contribution in [0.4, 0.5) is 4.79 Å². The molecular formula is C16H28N2O3. The molecule has 0 spiro atoms. The third kappa shape index (κ3) is 2.78. The van der Waals surface area contributed by atoms with Crippen molar-refractivity contribution in [1.29, 1.82) is 0 Å². The van der Waals surface area contributed by atoms with E-state index in [1.807, 2.05) is 6.92 Å². The maximum Gasteiger partial charge on any atom is 0.315 e. The molecule has 0 unspecified atom stereocenters. The fourth-order valence-corrected chi connectivity index (χ4v) is 5.22. The van der Waals surface area contributed by atoms with Crippen molar-refractivity contribution in [2.75, 3.05) is 13.2 Å². The number of rotatable bonds is 5. The molecule has 4 N–H and O–H groups in total. The van der Waals surface area contributed by atoms with Crippen molar-refractivity contribution in [1.82, 2.24) is 10.6 Å². The summed E-state index contributed by atoms with van der Waals surface area (Å²) in [7, 11) is 0. The van der Waals surface area contributed by atoms with Crippen LogP contribution >= 0.6 is 0 Å². The van der Waals surface area contributed by atoms with Gasteiger partial charge in [-0.15, -0.1) is 0 Å². The number of urea groups is 1. The monoisotopic (exact) mass is 296 g/mol. The van der Waals surface area contributed by atoms with Crippen LogP contribution in [0, 0.1) is 17.8 Å². The zero-order valence-corrected chi connectivity index (χ0v) is 12.9. The molecule has 4 fully saturated rings. The first-order chi connectivity index (χ1) is 10.0. The van der Waals surface area contributed by atoms with Gasteiger partial charge in [0.05, 0.1) is 18.8 Å². The van der Waals surface area contributed by atoms with Crippen molar-refractivity contribution < 1.29 is 15.0 Å². The van der Waals surface area contributed by atoms with Gasteiger partial charge in [0.2, 0.25) is 0 Å². The lowest BCUT2D eigenvalue weighted by Crippen LogP contribution is -2.64. The number of amides is 2. The molecule has 4 aliphatic rings. The van der Waals surface area contributed by atoms with Crippen molar-refractivity contribution in [3.8, 4) is 0 Å². The summed E-state index contributed by atoms with van der Waals surface area (Å²) < 4.78 is 0. The third-order valence-electron chi connectivity index (χ3n) is 6.08. The van der Waals surface area contributed by atoms with Gasteiger partial charge >= 0.3 is 6.03 Å². The number of aliphatic hydroxyl groups is 2. The molecule has 5 nitrogen and oxygen atoms in total. The second-order valence-corrected chi connectivity index (χ2v) is 7.73. The molecule has 2 amide bonds. The molecule has 0 aliphatic heterocycles. The Morgan fingerprint density at radius 2 is 1.57 bits per heavy atom. The van der Waals surface area contributed by atoms with Gasteiger partial charge in [0, 0.05) is 5.54 Å². The van der Waals surface area contributed by atoms with Crippen molar-refractivity contribution in [2.45, 2.75) is 62.9 Å². The Morgan fingerprint density at radius 3 is 1.95 bits per heavy atom. The smallest absolute Gasteiger partial charge is 0.315 e. The van der Waals surface area contributed by atoms with E-state index in [-0.39, 0.29) is 24.8 Å². The predicted octanol–water partition coefficient (Wildman–Crippen LogP) is 1.39. The van der Waals surface area contributed by atoms with Crippen LogP contribution in [0.1, 0.15) is 51.9 Å². The molecule has 4 bridgehead atoms. The normalized spacial score (nSPS) is 37.6. The van der Waals surface area contributed by atoms with Gasteiger partial charge in [0.1, 0.15) is 0 Å². The minimum atomic E-state index is -0.910. The summed E-state index contributed by atoms with van der Waals surface area (Å²) >= 11 is 0. The van der Waals surface area contributed by atoms with Crippen LogP contribution < -0.4 is 10.6 Å². The van der Waals surface area contributed by atoms with E-state index in [1.165, 1.54) is 19.3 Å². The van der Waals surface area contributed by atoms with E-state index in [4.69, 9.17) is 0 Å². The van der Waals surface area contributed by atoms with E-state index in [1.54, 1.807) is 0 Å². The Kier molecular flexibility index (Phi) is 3.91. The number of hydrogen-bond acceptors (Lipinski definition) is 3. The topological polar surface area (TPSA) is 81.6 Å². The van der Waals surface area contributed by atoms with Crippen molar-refractivity contribution >= 4 is 6.03 Å². The largest absolute Gasteiger partial charge is 0.394 e. The second kappa shape index (κ2) is 5.43. The first-order valence-electron chi connectivity index (χ1n) is 8.34. The van der Waals surface area contributed by atoms with Gasteiger partial charge in [-0.2, -0.15) is 0 Å². The van der Waals surface area contributed by atoms with E-state index in [9.17, 15) is 15.0 Å². The summed E-state index contributed by atoms with van der Waals surface area (Å²) in [4.78, 5) is 12.4. The minimum Gasteiger partial charge on any atom is -0.394 e. The number of hydrogen-bond donors (Lipinski definition) is 4. The highest BCUT2D eigenvalue weighted by atomic mass is 16.3. The lowest BCUT2D eigenvalue weighted by Gasteiger charge is -2.57. The summed E-state index contributed by atoms with van der Waals surface area (Å²) in [5, 5.41) is 24.9. The van der Waals surface area contributed by atoms with Gasteiger partial charge in [-0.1, -0.05) is 6.92 Å². The zero-order valence-electron chi connectivity index (χ0n) is 12.9. The van der Waals surface area contributed by atoms with Crippen molar-refractivity contribution in [3.63, 3.8) is 0 Å². The molecule has 0 saturated heterocycles. The van der Waals surface area contributed by atoms with Gasteiger partial charge in [-0.05, 0) is 62.7 Å². The summed E-state index contributed by atoms with van der Waals surface area (Å²) in [6.07, 6.45) is 7.84. The van der Waals surface area contributed by atoms with Gasteiger partial charge in [-0.25, -0.2) is 4.79 Å². The van der Waals surface area contributed by atoms with E-state index in [2.05, 4.69) is 10.6 Å². The molecule has 21 heavy (non-hydrogen) atoms. The number of nitrogens with one attached hydrogen (secondary N) is 2. The van der Waals surface area contributed by atoms with Crippen LogP contribution in [-0.2, 0) is 0 Å².